The largest absolute Gasteiger partial charge is 0.351 e. The molecule has 1 unspecified atom stereocenters. The summed E-state index contributed by atoms with van der Waals surface area (Å²) in [6.07, 6.45) is 2.16. The van der Waals surface area contributed by atoms with Crippen LogP contribution in [-0.4, -0.2) is 36.0 Å². The van der Waals surface area contributed by atoms with Crippen LogP contribution in [0.2, 0.25) is 0 Å². The van der Waals surface area contributed by atoms with Gasteiger partial charge in [-0.3, -0.25) is 9.69 Å². The number of nitrogens with one attached hydrogen (secondary N) is 1. The van der Waals surface area contributed by atoms with Gasteiger partial charge in [-0.1, -0.05) is 44.2 Å². The van der Waals surface area contributed by atoms with Crippen molar-refractivity contribution in [1.29, 1.82) is 0 Å². The number of carbonyl (C=O) groups excluding carboxylic acids is 1. The van der Waals surface area contributed by atoms with Crippen LogP contribution in [0.25, 0.3) is 0 Å². The zero-order valence-electron chi connectivity index (χ0n) is 13.1. The smallest absolute Gasteiger partial charge is 0.237 e. The van der Waals surface area contributed by atoms with Crippen LogP contribution < -0.4 is 11.1 Å². The highest BCUT2D eigenvalue weighted by Crippen LogP contribution is 2.14. The van der Waals surface area contributed by atoms with Crippen LogP contribution >= 0.6 is 0 Å². The molecule has 4 nitrogen and oxygen atoms in total. The first-order valence-electron chi connectivity index (χ1n) is 7.88. The van der Waals surface area contributed by atoms with Crippen LogP contribution in [0.1, 0.15) is 32.3 Å². The third-order valence-electron chi connectivity index (χ3n) is 4.12. The fourth-order valence-electron chi connectivity index (χ4n) is 2.76. The van der Waals surface area contributed by atoms with Crippen molar-refractivity contribution in [2.45, 2.75) is 45.3 Å². The highest BCUT2D eigenvalue weighted by Gasteiger charge is 2.24. The van der Waals surface area contributed by atoms with Crippen molar-refractivity contribution in [3.63, 3.8) is 0 Å². The number of hydrogen-bond donors (Lipinski definition) is 2. The second kappa shape index (κ2) is 7.57. The Kier molecular flexibility index (Phi) is 5.76. The molecule has 0 aliphatic carbocycles. The van der Waals surface area contributed by atoms with Crippen LogP contribution in [0.4, 0.5) is 0 Å². The molecule has 1 heterocycles. The third kappa shape index (κ3) is 4.83. The molecule has 0 aromatic heterocycles. The fraction of sp³-hybridized carbons (Fsp3) is 0.588. The number of benzene rings is 1. The summed E-state index contributed by atoms with van der Waals surface area (Å²) in [6, 6.07) is 10.3. The molecule has 21 heavy (non-hydrogen) atoms. The average Bonchev–Trinajstić information content (AvgIpc) is 2.47. The molecule has 2 atom stereocenters. The van der Waals surface area contributed by atoms with E-state index in [1.54, 1.807) is 0 Å². The van der Waals surface area contributed by atoms with E-state index in [4.69, 9.17) is 5.73 Å². The van der Waals surface area contributed by atoms with Crippen molar-refractivity contribution in [3.8, 4) is 0 Å². The van der Waals surface area contributed by atoms with E-state index < -0.39 is 6.04 Å². The van der Waals surface area contributed by atoms with E-state index in [1.807, 2.05) is 19.9 Å². The summed E-state index contributed by atoms with van der Waals surface area (Å²) >= 11 is 0. The number of piperidine rings is 1. The summed E-state index contributed by atoms with van der Waals surface area (Å²) < 4.78 is 0. The lowest BCUT2D eigenvalue weighted by Gasteiger charge is -2.34. The van der Waals surface area contributed by atoms with Gasteiger partial charge < -0.3 is 11.1 Å². The number of rotatable bonds is 5. The summed E-state index contributed by atoms with van der Waals surface area (Å²) in [4.78, 5) is 14.5. The second-order valence-electron chi connectivity index (χ2n) is 6.34. The lowest BCUT2D eigenvalue weighted by atomic mass is 10.0. The fourth-order valence-corrected chi connectivity index (χ4v) is 2.76. The number of nitrogens with two attached hydrogens (primary N) is 1. The molecule has 2 rings (SSSR count). The van der Waals surface area contributed by atoms with Crippen molar-refractivity contribution in [1.82, 2.24) is 10.2 Å². The van der Waals surface area contributed by atoms with Gasteiger partial charge in [-0.25, -0.2) is 0 Å². The van der Waals surface area contributed by atoms with Crippen LogP contribution in [0.3, 0.4) is 0 Å². The molecular weight excluding hydrogens is 262 g/mol. The van der Waals surface area contributed by atoms with Gasteiger partial charge in [0.15, 0.2) is 0 Å². The Bertz CT molecular complexity index is 447. The predicted octanol–water partition coefficient (Wildman–Crippen LogP) is 1.75. The van der Waals surface area contributed by atoms with Gasteiger partial charge in [0.1, 0.15) is 0 Å². The minimum Gasteiger partial charge on any atom is -0.351 e. The molecule has 0 bridgehead atoms. The van der Waals surface area contributed by atoms with Gasteiger partial charge in [0, 0.05) is 19.1 Å². The standard InChI is InChI=1S/C17H27N3O/c1-13(2)16(18)17(21)19-15-9-6-10-20(12-15)11-14-7-4-3-5-8-14/h3-5,7-8,13,15-16H,6,9-12,18H2,1-2H3,(H,19,21)/t15?,16-/m1/s1. The van der Waals surface area contributed by atoms with Gasteiger partial charge in [-0.15, -0.1) is 0 Å². The van der Waals surface area contributed by atoms with Crippen LogP contribution in [0, 0.1) is 5.92 Å². The summed E-state index contributed by atoms with van der Waals surface area (Å²) in [5.74, 6) is 0.158. The van der Waals surface area contributed by atoms with Gasteiger partial charge in [-0.05, 0) is 30.9 Å². The van der Waals surface area contributed by atoms with Crippen molar-refractivity contribution in [2.24, 2.45) is 11.7 Å². The van der Waals surface area contributed by atoms with E-state index in [0.29, 0.717) is 0 Å². The van der Waals surface area contributed by atoms with Gasteiger partial charge in [0.25, 0.3) is 0 Å². The lowest BCUT2D eigenvalue weighted by molar-refractivity contribution is -0.124. The Morgan fingerprint density at radius 2 is 2.10 bits per heavy atom. The van der Waals surface area contributed by atoms with Crippen LogP contribution in [0.15, 0.2) is 30.3 Å². The lowest BCUT2D eigenvalue weighted by Crippen LogP contribution is -2.52. The molecule has 0 saturated carbocycles. The molecule has 1 amide bonds. The quantitative estimate of drug-likeness (QED) is 0.868. The molecular formula is C17H27N3O. The molecule has 4 heteroatoms. The molecule has 1 aliphatic rings. The van der Waals surface area contributed by atoms with E-state index in [1.165, 1.54) is 5.56 Å². The van der Waals surface area contributed by atoms with Gasteiger partial charge in [0.2, 0.25) is 5.91 Å². The number of carbonyl (C=O) groups is 1. The van der Waals surface area contributed by atoms with Gasteiger partial charge >= 0.3 is 0 Å². The van der Waals surface area contributed by atoms with Crippen molar-refractivity contribution in [3.05, 3.63) is 35.9 Å². The van der Waals surface area contributed by atoms with Crippen molar-refractivity contribution in [2.75, 3.05) is 13.1 Å². The molecule has 3 N–H and O–H groups in total. The molecule has 0 spiro atoms. The minimum atomic E-state index is -0.408. The van der Waals surface area contributed by atoms with E-state index in [9.17, 15) is 4.79 Å². The summed E-state index contributed by atoms with van der Waals surface area (Å²) in [5, 5.41) is 3.11. The molecule has 1 saturated heterocycles. The Morgan fingerprint density at radius 3 is 2.76 bits per heavy atom. The Balaban J connectivity index is 1.85. The average molecular weight is 289 g/mol. The number of likely N-dealkylation sites (tertiary alicyclic amines) is 1. The van der Waals surface area contributed by atoms with Crippen LogP contribution in [0.5, 0.6) is 0 Å². The number of nitrogens with zero attached hydrogens (tertiary/aromatic N) is 1. The zero-order chi connectivity index (χ0) is 15.2. The molecule has 116 valence electrons. The Labute approximate surface area is 127 Å². The van der Waals surface area contributed by atoms with E-state index in [-0.39, 0.29) is 17.9 Å². The monoisotopic (exact) mass is 289 g/mol. The topological polar surface area (TPSA) is 58.4 Å². The minimum absolute atomic E-state index is 0.0171. The number of hydrogen-bond acceptors (Lipinski definition) is 3. The highest BCUT2D eigenvalue weighted by molar-refractivity contribution is 5.82. The van der Waals surface area contributed by atoms with E-state index >= 15 is 0 Å². The van der Waals surface area contributed by atoms with E-state index in [2.05, 4.69) is 34.5 Å². The van der Waals surface area contributed by atoms with Crippen molar-refractivity contribution >= 4 is 5.91 Å². The van der Waals surface area contributed by atoms with E-state index in [0.717, 1.165) is 32.5 Å². The third-order valence-corrected chi connectivity index (χ3v) is 4.12. The first kappa shape index (κ1) is 16.0. The zero-order valence-corrected chi connectivity index (χ0v) is 13.1. The summed E-state index contributed by atoms with van der Waals surface area (Å²) in [7, 11) is 0. The molecule has 1 aromatic rings. The maximum atomic E-state index is 12.1. The summed E-state index contributed by atoms with van der Waals surface area (Å²) in [6.45, 7) is 6.91. The van der Waals surface area contributed by atoms with Crippen LogP contribution in [-0.2, 0) is 11.3 Å². The molecule has 0 radical (unpaired) electrons. The molecule has 1 fully saturated rings. The first-order valence-corrected chi connectivity index (χ1v) is 7.88. The first-order chi connectivity index (χ1) is 10.1. The SMILES string of the molecule is CC(C)[C@@H](N)C(=O)NC1CCCN(Cc2ccccc2)C1. The highest BCUT2D eigenvalue weighted by atomic mass is 16.2. The van der Waals surface area contributed by atoms with Gasteiger partial charge in [-0.2, -0.15) is 0 Å². The Hall–Kier alpha value is -1.39. The Morgan fingerprint density at radius 1 is 1.38 bits per heavy atom. The number of amides is 1. The van der Waals surface area contributed by atoms with Crippen molar-refractivity contribution < 1.29 is 4.79 Å². The second-order valence-corrected chi connectivity index (χ2v) is 6.34. The maximum absolute atomic E-state index is 12.1. The summed E-state index contributed by atoms with van der Waals surface area (Å²) in [5.41, 5.74) is 7.23. The molecule has 1 aromatic carbocycles. The predicted molar refractivity (Wildman–Crippen MR) is 85.7 cm³/mol. The normalized spacial score (nSPS) is 21.2. The maximum Gasteiger partial charge on any atom is 0.237 e. The molecule has 1 aliphatic heterocycles. The van der Waals surface area contributed by atoms with Gasteiger partial charge in [0.05, 0.1) is 6.04 Å².